The van der Waals surface area contributed by atoms with Gasteiger partial charge in [-0.1, -0.05) is 30.5 Å². The molecule has 0 aromatic heterocycles. The van der Waals surface area contributed by atoms with Gasteiger partial charge in [-0.05, 0) is 30.5 Å². The van der Waals surface area contributed by atoms with E-state index < -0.39 is 0 Å². The second kappa shape index (κ2) is 5.29. The van der Waals surface area contributed by atoms with E-state index in [4.69, 9.17) is 23.2 Å². The summed E-state index contributed by atoms with van der Waals surface area (Å²) in [5, 5.41) is 0.786. The van der Waals surface area contributed by atoms with Crippen molar-refractivity contribution >= 4 is 28.9 Å². The van der Waals surface area contributed by atoms with Crippen molar-refractivity contribution in [1.82, 2.24) is 0 Å². The number of nitrogens with zero attached hydrogens (tertiary/aromatic N) is 1. The molecule has 1 nitrogen and oxygen atoms in total. The van der Waals surface area contributed by atoms with Crippen LogP contribution in [0.4, 0.5) is 5.69 Å². The van der Waals surface area contributed by atoms with E-state index in [1.807, 2.05) is 18.2 Å². The van der Waals surface area contributed by atoms with E-state index in [1.54, 1.807) is 0 Å². The zero-order valence-electron chi connectivity index (χ0n) is 9.55. The Morgan fingerprint density at radius 2 is 2.00 bits per heavy atom. The van der Waals surface area contributed by atoms with Crippen molar-refractivity contribution in [2.45, 2.75) is 37.6 Å². The van der Waals surface area contributed by atoms with Gasteiger partial charge in [-0.25, -0.2) is 0 Å². The second-order valence-electron chi connectivity index (χ2n) is 4.46. The maximum absolute atomic E-state index is 6.05. The zero-order valence-corrected chi connectivity index (χ0v) is 11.1. The minimum atomic E-state index is 0.545. The van der Waals surface area contributed by atoms with Gasteiger partial charge in [0, 0.05) is 29.7 Å². The van der Waals surface area contributed by atoms with Gasteiger partial charge in [0.25, 0.3) is 0 Å². The Labute approximate surface area is 107 Å². The molecule has 0 heterocycles. The van der Waals surface area contributed by atoms with Crippen molar-refractivity contribution in [3.05, 3.63) is 28.8 Å². The lowest BCUT2D eigenvalue weighted by Gasteiger charge is -2.28. The monoisotopic (exact) mass is 257 g/mol. The average molecular weight is 258 g/mol. The van der Waals surface area contributed by atoms with Crippen LogP contribution < -0.4 is 4.90 Å². The molecule has 1 fully saturated rings. The topological polar surface area (TPSA) is 3.24 Å². The molecule has 1 aromatic rings. The van der Waals surface area contributed by atoms with Gasteiger partial charge in [0.2, 0.25) is 0 Å². The first-order valence-corrected chi connectivity index (χ1v) is 6.71. The Morgan fingerprint density at radius 3 is 2.62 bits per heavy atom. The van der Waals surface area contributed by atoms with Crippen molar-refractivity contribution in [2.75, 3.05) is 11.9 Å². The van der Waals surface area contributed by atoms with Crippen LogP contribution in [0.3, 0.4) is 0 Å². The number of benzene rings is 1. The predicted molar refractivity (Wildman–Crippen MR) is 71.7 cm³/mol. The number of halogens is 2. The molecular weight excluding hydrogens is 241 g/mol. The van der Waals surface area contributed by atoms with Crippen LogP contribution in [-0.2, 0) is 5.88 Å². The molecule has 1 aliphatic rings. The van der Waals surface area contributed by atoms with Gasteiger partial charge in [0.15, 0.2) is 0 Å². The van der Waals surface area contributed by atoms with Crippen molar-refractivity contribution < 1.29 is 0 Å². The van der Waals surface area contributed by atoms with Crippen LogP contribution in [0.1, 0.15) is 31.2 Å². The lowest BCUT2D eigenvalue weighted by atomic mass is 10.1. The first-order chi connectivity index (χ1) is 7.72. The van der Waals surface area contributed by atoms with E-state index in [2.05, 4.69) is 11.9 Å². The molecule has 0 bridgehead atoms. The molecule has 0 spiro atoms. The van der Waals surface area contributed by atoms with Crippen molar-refractivity contribution in [3.8, 4) is 0 Å². The van der Waals surface area contributed by atoms with Crippen LogP contribution in [0.5, 0.6) is 0 Å². The summed E-state index contributed by atoms with van der Waals surface area (Å²) in [7, 11) is 2.15. The molecule has 2 rings (SSSR count). The molecular formula is C13H17Cl2N. The van der Waals surface area contributed by atoms with Gasteiger partial charge < -0.3 is 4.90 Å². The molecule has 1 saturated carbocycles. The molecule has 88 valence electrons. The Kier molecular flexibility index (Phi) is 3.99. The largest absolute Gasteiger partial charge is 0.371 e. The summed E-state index contributed by atoms with van der Waals surface area (Å²) < 4.78 is 0. The third-order valence-corrected chi connectivity index (χ3v) is 3.97. The molecule has 0 saturated heterocycles. The van der Waals surface area contributed by atoms with Gasteiger partial charge in [-0.2, -0.15) is 0 Å². The van der Waals surface area contributed by atoms with E-state index >= 15 is 0 Å². The minimum Gasteiger partial charge on any atom is -0.371 e. The first kappa shape index (κ1) is 12.1. The van der Waals surface area contributed by atoms with Crippen molar-refractivity contribution in [2.24, 2.45) is 0 Å². The summed E-state index contributed by atoms with van der Waals surface area (Å²) >= 11 is 12.0. The summed E-state index contributed by atoms with van der Waals surface area (Å²) in [6.07, 6.45) is 5.24. The molecule has 1 aromatic carbocycles. The quantitative estimate of drug-likeness (QED) is 0.723. The molecule has 1 aliphatic carbocycles. The van der Waals surface area contributed by atoms with E-state index in [0.717, 1.165) is 5.02 Å². The Bertz CT molecular complexity index is 359. The van der Waals surface area contributed by atoms with E-state index in [1.165, 1.54) is 36.9 Å². The third kappa shape index (κ3) is 2.46. The Balaban J connectivity index is 2.26. The predicted octanol–water partition coefficient (Wildman–Crippen LogP) is 4.46. The molecule has 0 atom stereocenters. The Morgan fingerprint density at radius 1 is 1.31 bits per heavy atom. The fourth-order valence-corrected chi connectivity index (χ4v) is 2.86. The van der Waals surface area contributed by atoms with Crippen LogP contribution in [-0.4, -0.2) is 13.1 Å². The lowest BCUT2D eigenvalue weighted by molar-refractivity contribution is 0.652. The summed E-state index contributed by atoms with van der Waals surface area (Å²) in [5.74, 6) is 0.545. The fourth-order valence-electron chi connectivity index (χ4n) is 2.47. The highest BCUT2D eigenvalue weighted by molar-refractivity contribution is 6.31. The molecule has 0 unspecified atom stereocenters. The summed E-state index contributed by atoms with van der Waals surface area (Å²) in [4.78, 5) is 2.34. The Hall–Kier alpha value is -0.400. The van der Waals surface area contributed by atoms with Gasteiger partial charge >= 0.3 is 0 Å². The smallest absolute Gasteiger partial charge is 0.0494 e. The minimum absolute atomic E-state index is 0.545. The number of alkyl halides is 1. The number of rotatable bonds is 3. The van der Waals surface area contributed by atoms with E-state index in [0.29, 0.717) is 11.9 Å². The second-order valence-corrected chi connectivity index (χ2v) is 5.16. The van der Waals surface area contributed by atoms with Crippen molar-refractivity contribution in [1.29, 1.82) is 0 Å². The van der Waals surface area contributed by atoms with Crippen molar-refractivity contribution in [3.63, 3.8) is 0 Å². The number of anilines is 1. The highest BCUT2D eigenvalue weighted by atomic mass is 35.5. The van der Waals surface area contributed by atoms with Crippen LogP contribution in [0.15, 0.2) is 18.2 Å². The maximum atomic E-state index is 6.05. The van der Waals surface area contributed by atoms with E-state index in [-0.39, 0.29) is 0 Å². The summed E-state index contributed by atoms with van der Waals surface area (Å²) in [6, 6.07) is 6.61. The van der Waals surface area contributed by atoms with Gasteiger partial charge in [0.1, 0.15) is 0 Å². The normalized spacial score (nSPS) is 16.7. The molecule has 0 amide bonds. The average Bonchev–Trinajstić information content (AvgIpc) is 2.81. The third-order valence-electron chi connectivity index (χ3n) is 3.44. The van der Waals surface area contributed by atoms with Crippen LogP contribution >= 0.6 is 23.2 Å². The zero-order chi connectivity index (χ0) is 11.5. The van der Waals surface area contributed by atoms with Crippen LogP contribution in [0.2, 0.25) is 5.02 Å². The standard InChI is InChI=1S/C13H17Cl2N/c1-16(12-4-2-3-5-12)13-8-11(15)7-6-10(13)9-14/h6-8,12H,2-5,9H2,1H3. The van der Waals surface area contributed by atoms with Crippen LogP contribution in [0, 0.1) is 0 Å². The SMILES string of the molecule is CN(c1cc(Cl)ccc1CCl)C1CCCC1. The number of hydrogen-bond acceptors (Lipinski definition) is 1. The van der Waals surface area contributed by atoms with E-state index in [9.17, 15) is 0 Å². The van der Waals surface area contributed by atoms with Crippen LogP contribution in [0.25, 0.3) is 0 Å². The molecule has 0 aliphatic heterocycles. The summed E-state index contributed by atoms with van der Waals surface area (Å²) in [6.45, 7) is 0. The first-order valence-electron chi connectivity index (χ1n) is 5.79. The highest BCUT2D eigenvalue weighted by Gasteiger charge is 2.21. The maximum Gasteiger partial charge on any atom is 0.0494 e. The fraction of sp³-hybridized carbons (Fsp3) is 0.538. The molecule has 0 N–H and O–H groups in total. The molecule has 16 heavy (non-hydrogen) atoms. The lowest BCUT2D eigenvalue weighted by Crippen LogP contribution is -2.29. The molecule has 0 radical (unpaired) electrons. The summed E-state index contributed by atoms with van der Waals surface area (Å²) in [5.41, 5.74) is 2.36. The number of hydrogen-bond donors (Lipinski definition) is 0. The van der Waals surface area contributed by atoms with Gasteiger partial charge in [-0.3, -0.25) is 0 Å². The highest BCUT2D eigenvalue weighted by Crippen LogP contribution is 2.31. The van der Waals surface area contributed by atoms with Gasteiger partial charge in [0.05, 0.1) is 0 Å². The van der Waals surface area contributed by atoms with Gasteiger partial charge in [-0.15, -0.1) is 11.6 Å². The molecule has 3 heteroatoms.